The van der Waals surface area contributed by atoms with E-state index in [1.165, 1.54) is 17.3 Å². The number of rotatable bonds is 3. The van der Waals surface area contributed by atoms with Gasteiger partial charge in [-0.05, 0) is 30.5 Å². The minimum Gasteiger partial charge on any atom is -0.370 e. The van der Waals surface area contributed by atoms with Crippen molar-refractivity contribution < 1.29 is 4.74 Å². The molecular weight excluding hydrogens is 336 g/mol. The van der Waals surface area contributed by atoms with Crippen LogP contribution in [0.2, 0.25) is 0 Å². The van der Waals surface area contributed by atoms with E-state index >= 15 is 0 Å². The molecular formula is C17H20N6OS. The molecule has 0 N–H and O–H groups in total. The van der Waals surface area contributed by atoms with Crippen LogP contribution in [0.5, 0.6) is 0 Å². The predicted molar refractivity (Wildman–Crippen MR) is 94.3 cm³/mol. The van der Waals surface area contributed by atoms with E-state index in [1.54, 1.807) is 0 Å². The summed E-state index contributed by atoms with van der Waals surface area (Å²) >= 11 is 1.27. The van der Waals surface area contributed by atoms with Crippen molar-refractivity contribution in [1.82, 2.24) is 28.4 Å². The van der Waals surface area contributed by atoms with Crippen molar-refractivity contribution in [1.29, 1.82) is 0 Å². The summed E-state index contributed by atoms with van der Waals surface area (Å²) in [5, 5.41) is 8.84. The van der Waals surface area contributed by atoms with Crippen LogP contribution < -0.4 is 0 Å². The third-order valence-electron chi connectivity index (χ3n) is 5.09. The molecule has 0 radical (unpaired) electrons. The monoisotopic (exact) mass is 356 g/mol. The van der Waals surface area contributed by atoms with E-state index in [4.69, 9.17) is 4.74 Å². The van der Waals surface area contributed by atoms with Crippen LogP contribution in [0.25, 0.3) is 11.0 Å². The fourth-order valence-corrected chi connectivity index (χ4v) is 4.27. The van der Waals surface area contributed by atoms with Gasteiger partial charge < -0.3 is 9.30 Å². The SMILES string of the molecule is c1cc2nsnc2cc1CN1CCc2nnc(C3CCCO3)n2CC1. The highest BCUT2D eigenvalue weighted by Gasteiger charge is 2.27. The second-order valence-electron chi connectivity index (χ2n) is 6.74. The van der Waals surface area contributed by atoms with E-state index < -0.39 is 0 Å². The summed E-state index contributed by atoms with van der Waals surface area (Å²) in [4.78, 5) is 2.48. The average Bonchev–Trinajstić information content (AvgIpc) is 3.35. The first-order valence-corrected chi connectivity index (χ1v) is 9.57. The van der Waals surface area contributed by atoms with Gasteiger partial charge in [-0.3, -0.25) is 4.90 Å². The Morgan fingerprint density at radius 3 is 3.00 bits per heavy atom. The van der Waals surface area contributed by atoms with Crippen LogP contribution >= 0.6 is 11.7 Å². The third-order valence-corrected chi connectivity index (χ3v) is 5.65. The lowest BCUT2D eigenvalue weighted by atomic mass is 10.2. The highest BCUT2D eigenvalue weighted by Crippen LogP contribution is 2.28. The van der Waals surface area contributed by atoms with Gasteiger partial charge in [0.05, 0.1) is 11.7 Å². The lowest BCUT2D eigenvalue weighted by molar-refractivity contribution is 0.101. The summed E-state index contributed by atoms with van der Waals surface area (Å²) in [7, 11) is 0. The molecule has 5 rings (SSSR count). The molecule has 7 nitrogen and oxygen atoms in total. The molecule has 2 aliphatic rings. The Labute approximate surface area is 150 Å². The summed E-state index contributed by atoms with van der Waals surface area (Å²) < 4.78 is 16.7. The summed E-state index contributed by atoms with van der Waals surface area (Å²) in [6.45, 7) is 4.70. The minimum absolute atomic E-state index is 0.132. The maximum Gasteiger partial charge on any atom is 0.162 e. The molecule has 2 aromatic heterocycles. The van der Waals surface area contributed by atoms with Crippen LogP contribution in [0.15, 0.2) is 18.2 Å². The maximum absolute atomic E-state index is 5.81. The fraction of sp³-hybridized carbons (Fsp3) is 0.529. The standard InChI is InChI=1S/C17H20N6OS/c1-2-15(24-9-1)17-19-18-16-5-6-22(7-8-23(16)17)11-12-3-4-13-14(10-12)21-25-20-13/h3-4,10,15H,1-2,5-9,11H2. The zero-order valence-corrected chi connectivity index (χ0v) is 14.8. The third kappa shape index (κ3) is 2.94. The zero-order chi connectivity index (χ0) is 16.6. The Hall–Kier alpha value is -1.90. The highest BCUT2D eigenvalue weighted by molar-refractivity contribution is 7.00. The highest BCUT2D eigenvalue weighted by atomic mass is 32.1. The molecule has 130 valence electrons. The van der Waals surface area contributed by atoms with Crippen molar-refractivity contribution in [2.24, 2.45) is 0 Å². The van der Waals surface area contributed by atoms with Gasteiger partial charge in [-0.15, -0.1) is 10.2 Å². The van der Waals surface area contributed by atoms with Crippen molar-refractivity contribution >= 4 is 22.8 Å². The minimum atomic E-state index is 0.132. The van der Waals surface area contributed by atoms with E-state index in [2.05, 4.69) is 46.6 Å². The summed E-state index contributed by atoms with van der Waals surface area (Å²) in [6, 6.07) is 6.38. The van der Waals surface area contributed by atoms with E-state index in [-0.39, 0.29) is 6.10 Å². The second kappa shape index (κ2) is 6.44. The molecule has 2 aliphatic heterocycles. The molecule has 8 heteroatoms. The van der Waals surface area contributed by atoms with Crippen molar-refractivity contribution in [3.8, 4) is 0 Å². The zero-order valence-electron chi connectivity index (χ0n) is 14.0. The topological polar surface area (TPSA) is 69.0 Å². The van der Waals surface area contributed by atoms with Crippen molar-refractivity contribution in [3.63, 3.8) is 0 Å². The number of benzene rings is 1. The smallest absolute Gasteiger partial charge is 0.162 e. The molecule has 0 saturated carbocycles. The lowest BCUT2D eigenvalue weighted by Gasteiger charge is -2.20. The summed E-state index contributed by atoms with van der Waals surface area (Å²) in [5.74, 6) is 2.11. The Kier molecular flexibility index (Phi) is 3.95. The molecule has 1 aromatic carbocycles. The van der Waals surface area contributed by atoms with Gasteiger partial charge in [0.25, 0.3) is 0 Å². The summed E-state index contributed by atoms with van der Waals surface area (Å²) in [6.07, 6.45) is 3.24. The quantitative estimate of drug-likeness (QED) is 0.717. The molecule has 1 fully saturated rings. The van der Waals surface area contributed by atoms with Crippen molar-refractivity contribution in [2.45, 2.75) is 38.5 Å². The van der Waals surface area contributed by atoms with Gasteiger partial charge in [-0.1, -0.05) is 6.07 Å². The van der Waals surface area contributed by atoms with E-state index in [9.17, 15) is 0 Å². The molecule has 4 heterocycles. The Morgan fingerprint density at radius 2 is 2.08 bits per heavy atom. The van der Waals surface area contributed by atoms with Crippen molar-refractivity contribution in [2.75, 3.05) is 19.7 Å². The Bertz CT molecular complexity index is 884. The molecule has 3 aromatic rings. The number of ether oxygens (including phenoxy) is 1. The predicted octanol–water partition coefficient (Wildman–Crippen LogP) is 2.19. The molecule has 1 atom stereocenters. The first-order valence-electron chi connectivity index (χ1n) is 8.84. The number of hydrogen-bond donors (Lipinski definition) is 0. The number of nitrogens with zero attached hydrogens (tertiary/aromatic N) is 6. The van der Waals surface area contributed by atoms with Crippen LogP contribution in [-0.4, -0.2) is 48.1 Å². The van der Waals surface area contributed by atoms with Crippen LogP contribution in [-0.2, 0) is 24.2 Å². The van der Waals surface area contributed by atoms with Gasteiger partial charge in [0.1, 0.15) is 23.0 Å². The molecule has 25 heavy (non-hydrogen) atoms. The Balaban J connectivity index is 1.31. The van der Waals surface area contributed by atoms with Crippen LogP contribution in [0, 0.1) is 0 Å². The van der Waals surface area contributed by atoms with Gasteiger partial charge >= 0.3 is 0 Å². The van der Waals surface area contributed by atoms with Gasteiger partial charge in [0, 0.05) is 39.2 Å². The molecule has 0 spiro atoms. The molecule has 1 unspecified atom stereocenters. The number of hydrogen-bond acceptors (Lipinski definition) is 7. The molecule has 0 aliphatic carbocycles. The first-order chi connectivity index (χ1) is 12.4. The average molecular weight is 356 g/mol. The van der Waals surface area contributed by atoms with Gasteiger partial charge in [0.15, 0.2) is 5.82 Å². The first kappa shape index (κ1) is 15.4. The lowest BCUT2D eigenvalue weighted by Crippen LogP contribution is -2.26. The molecule has 1 saturated heterocycles. The maximum atomic E-state index is 5.81. The fourth-order valence-electron chi connectivity index (χ4n) is 3.75. The number of fused-ring (bicyclic) bond motifs is 2. The van der Waals surface area contributed by atoms with E-state index in [0.29, 0.717) is 0 Å². The van der Waals surface area contributed by atoms with Crippen LogP contribution in [0.1, 0.15) is 36.2 Å². The molecule has 0 amide bonds. The van der Waals surface area contributed by atoms with Crippen LogP contribution in [0.4, 0.5) is 0 Å². The van der Waals surface area contributed by atoms with Crippen molar-refractivity contribution in [3.05, 3.63) is 35.4 Å². The molecule has 0 bridgehead atoms. The van der Waals surface area contributed by atoms with Gasteiger partial charge in [-0.2, -0.15) is 8.75 Å². The largest absolute Gasteiger partial charge is 0.370 e. The van der Waals surface area contributed by atoms with E-state index in [1.807, 2.05) is 0 Å². The Morgan fingerprint density at radius 1 is 1.12 bits per heavy atom. The number of aromatic nitrogens is 5. The second-order valence-corrected chi connectivity index (χ2v) is 7.27. The van der Waals surface area contributed by atoms with Gasteiger partial charge in [0.2, 0.25) is 0 Å². The van der Waals surface area contributed by atoms with Gasteiger partial charge in [-0.25, -0.2) is 0 Å². The summed E-state index contributed by atoms with van der Waals surface area (Å²) in [5.41, 5.74) is 3.27. The van der Waals surface area contributed by atoms with E-state index in [0.717, 1.165) is 74.7 Å². The van der Waals surface area contributed by atoms with Crippen LogP contribution in [0.3, 0.4) is 0 Å². The normalized spacial score (nSPS) is 21.5.